The Balaban J connectivity index is 0.00000211. The average Bonchev–Trinajstić information content (AvgIpc) is 2.96. The first-order chi connectivity index (χ1) is 20.0. The van der Waals surface area contributed by atoms with Gasteiger partial charge < -0.3 is 19.5 Å². The lowest BCUT2D eigenvalue weighted by Crippen LogP contribution is -2.24. The molecule has 0 amide bonds. The molecular formula is C34H53FN4O2S. The van der Waals surface area contributed by atoms with E-state index < -0.39 is 5.83 Å². The second-order valence-corrected chi connectivity index (χ2v) is 11.1. The zero-order valence-corrected chi connectivity index (χ0v) is 28.7. The Kier molecular flexibility index (Phi) is 16.5. The summed E-state index contributed by atoms with van der Waals surface area (Å²) in [6, 6.07) is 6.18. The summed E-state index contributed by atoms with van der Waals surface area (Å²) in [4.78, 5) is 20.8. The fourth-order valence-electron chi connectivity index (χ4n) is 4.57. The van der Waals surface area contributed by atoms with E-state index in [1.165, 1.54) is 17.5 Å². The van der Waals surface area contributed by atoms with Crippen molar-refractivity contribution in [1.29, 1.82) is 0 Å². The molecule has 1 N–H and O–H groups in total. The molecule has 0 saturated heterocycles. The third kappa shape index (κ3) is 10.5. The van der Waals surface area contributed by atoms with E-state index in [1.54, 1.807) is 29.6 Å². The summed E-state index contributed by atoms with van der Waals surface area (Å²) in [6.45, 7) is 16.7. The first-order valence-corrected chi connectivity index (χ1v) is 16.3. The van der Waals surface area contributed by atoms with E-state index in [4.69, 9.17) is 4.74 Å². The fourth-order valence-corrected chi connectivity index (χ4v) is 5.17. The number of aromatic nitrogens is 1. The maximum absolute atomic E-state index is 14.0. The Morgan fingerprint density at radius 2 is 1.90 bits per heavy atom. The second kappa shape index (κ2) is 18.6. The molecule has 0 fully saturated rings. The average molecular weight is 601 g/mol. The van der Waals surface area contributed by atoms with Crippen molar-refractivity contribution < 1.29 is 9.13 Å². The minimum absolute atomic E-state index is 0.00990. The number of allylic oxidation sites excluding steroid dienone is 4. The predicted octanol–water partition coefficient (Wildman–Crippen LogP) is 8.07. The maximum atomic E-state index is 14.0. The number of hydrogen-bond acceptors (Lipinski definition) is 6. The van der Waals surface area contributed by atoms with E-state index in [1.807, 2.05) is 59.7 Å². The molecule has 1 unspecified atom stereocenters. The highest BCUT2D eigenvalue weighted by atomic mass is 32.2. The summed E-state index contributed by atoms with van der Waals surface area (Å²) in [5, 5.41) is 5.36. The molecule has 42 heavy (non-hydrogen) atoms. The van der Waals surface area contributed by atoms with E-state index in [0.29, 0.717) is 30.9 Å². The zero-order chi connectivity index (χ0) is 32.0. The lowest BCUT2D eigenvalue weighted by Gasteiger charge is -2.26. The third-order valence-electron chi connectivity index (χ3n) is 6.69. The van der Waals surface area contributed by atoms with Gasteiger partial charge in [0, 0.05) is 54.0 Å². The number of halogens is 1. The van der Waals surface area contributed by atoms with Crippen LogP contribution < -0.4 is 10.9 Å². The highest BCUT2D eigenvalue weighted by Gasteiger charge is 2.19. The van der Waals surface area contributed by atoms with E-state index in [-0.39, 0.29) is 17.5 Å². The van der Waals surface area contributed by atoms with Gasteiger partial charge in [-0.15, -0.1) is 11.8 Å². The van der Waals surface area contributed by atoms with Gasteiger partial charge in [0.25, 0.3) is 5.56 Å². The van der Waals surface area contributed by atoms with Crippen molar-refractivity contribution in [2.24, 2.45) is 18.0 Å². The number of nitrogens with zero attached hydrogens (tertiary/aromatic N) is 3. The largest absolute Gasteiger partial charge is 0.474 e. The topological polar surface area (TPSA) is 58.9 Å². The Labute approximate surface area is 257 Å². The van der Waals surface area contributed by atoms with Gasteiger partial charge in [-0.25, -0.2) is 9.38 Å². The van der Waals surface area contributed by atoms with Crippen LogP contribution in [0.5, 0.6) is 0 Å². The van der Waals surface area contributed by atoms with Gasteiger partial charge in [0.05, 0.1) is 0 Å². The number of nitrogens with one attached hydrogen (secondary N) is 1. The van der Waals surface area contributed by atoms with Gasteiger partial charge in [-0.1, -0.05) is 52.8 Å². The molecule has 0 bridgehead atoms. The van der Waals surface area contributed by atoms with Crippen LogP contribution in [0.15, 0.2) is 62.5 Å². The Hall–Kier alpha value is -2.84. The van der Waals surface area contributed by atoms with Crippen LogP contribution in [-0.4, -0.2) is 49.2 Å². The zero-order valence-electron chi connectivity index (χ0n) is 27.9. The molecule has 1 aromatic carbocycles. The van der Waals surface area contributed by atoms with Crippen molar-refractivity contribution in [1.82, 2.24) is 14.8 Å². The van der Waals surface area contributed by atoms with E-state index in [2.05, 4.69) is 54.7 Å². The van der Waals surface area contributed by atoms with Crippen LogP contribution in [0.3, 0.4) is 0 Å². The van der Waals surface area contributed by atoms with Crippen molar-refractivity contribution in [2.75, 3.05) is 33.5 Å². The molecule has 3 rings (SSSR count). The first-order valence-electron chi connectivity index (χ1n) is 15.0. The molecule has 0 aliphatic heterocycles. The van der Waals surface area contributed by atoms with Crippen LogP contribution in [0.25, 0.3) is 10.8 Å². The molecule has 0 spiro atoms. The fraction of sp³-hybridized carbons (Fsp3) is 0.529. The lowest BCUT2D eigenvalue weighted by molar-refractivity contribution is 0.174. The maximum Gasteiger partial charge on any atom is 0.258 e. The number of fused-ring (bicyclic) bond motifs is 1. The van der Waals surface area contributed by atoms with E-state index in [0.717, 1.165) is 28.6 Å². The monoisotopic (exact) mass is 600 g/mol. The molecule has 1 aromatic heterocycles. The molecule has 2 aromatic rings. The van der Waals surface area contributed by atoms with Gasteiger partial charge in [-0.2, -0.15) is 0 Å². The molecule has 234 valence electrons. The molecule has 2 atom stereocenters. The first kappa shape index (κ1) is 37.2. The molecule has 1 heterocycles. The quantitative estimate of drug-likeness (QED) is 0.209. The number of thioether (sulfide) groups is 1. The van der Waals surface area contributed by atoms with Crippen LogP contribution in [0.4, 0.5) is 4.39 Å². The Morgan fingerprint density at radius 3 is 2.50 bits per heavy atom. The summed E-state index contributed by atoms with van der Waals surface area (Å²) < 4.78 is 21.1. The molecule has 0 radical (unpaired) electrons. The minimum atomic E-state index is -0.476. The van der Waals surface area contributed by atoms with Crippen molar-refractivity contribution >= 4 is 28.7 Å². The Morgan fingerprint density at radius 1 is 1.24 bits per heavy atom. The van der Waals surface area contributed by atoms with Crippen LogP contribution in [0, 0.1) is 12.8 Å². The van der Waals surface area contributed by atoms with Crippen molar-refractivity contribution in [3.63, 3.8) is 0 Å². The number of rotatable bonds is 11. The Bertz CT molecular complexity index is 1340. The van der Waals surface area contributed by atoms with Crippen molar-refractivity contribution in [3.05, 3.63) is 79.8 Å². The molecule has 8 heteroatoms. The van der Waals surface area contributed by atoms with Gasteiger partial charge in [0.1, 0.15) is 6.61 Å². The molecule has 1 aliphatic carbocycles. The summed E-state index contributed by atoms with van der Waals surface area (Å²) in [7, 11) is 5.62. The van der Waals surface area contributed by atoms with E-state index >= 15 is 0 Å². The third-order valence-corrected chi connectivity index (χ3v) is 7.51. The van der Waals surface area contributed by atoms with Crippen molar-refractivity contribution in [3.8, 4) is 0 Å². The number of likely N-dealkylation sites (N-methyl/N-ethyl adjacent to an activating group) is 1. The summed E-state index contributed by atoms with van der Waals surface area (Å²) in [5.74, 6) is -0.0249. The van der Waals surface area contributed by atoms with Gasteiger partial charge in [-0.05, 0) is 82.1 Å². The molecular weight excluding hydrogens is 547 g/mol. The number of ether oxygens (including phenoxy) is 1. The highest BCUT2D eigenvalue weighted by molar-refractivity contribution is 8.02. The van der Waals surface area contributed by atoms with Crippen LogP contribution in [-0.2, 0) is 18.2 Å². The number of pyridine rings is 1. The van der Waals surface area contributed by atoms with Gasteiger partial charge in [-0.3, -0.25) is 4.79 Å². The van der Waals surface area contributed by atoms with Crippen LogP contribution >= 0.6 is 11.8 Å². The normalized spacial score (nSPS) is 16.1. The lowest BCUT2D eigenvalue weighted by atomic mass is 9.95. The number of benzene rings is 1. The molecule has 6 nitrogen and oxygen atoms in total. The van der Waals surface area contributed by atoms with Gasteiger partial charge in [0.2, 0.25) is 5.88 Å². The second-order valence-electron chi connectivity index (χ2n) is 10.3. The SMILES string of the molecule is CC.CC.CSC1=C(N[C@H](C)c2cc(C)cc3c(=O)n(C)c(C/C=N\C(OCCN(C)C)=C(/C)F)cc23)CC(C)C=C1. The summed E-state index contributed by atoms with van der Waals surface area (Å²) in [5.41, 5.74) is 4.11. The van der Waals surface area contributed by atoms with Crippen LogP contribution in [0.1, 0.15) is 77.7 Å². The predicted molar refractivity (Wildman–Crippen MR) is 182 cm³/mol. The van der Waals surface area contributed by atoms with Gasteiger partial charge in [0.15, 0.2) is 5.83 Å². The smallest absolute Gasteiger partial charge is 0.258 e. The number of hydrogen-bond donors (Lipinski definition) is 1. The van der Waals surface area contributed by atoms with Crippen molar-refractivity contribution in [2.45, 2.75) is 74.3 Å². The number of aliphatic imine (C=N–C) groups is 1. The summed E-state index contributed by atoms with van der Waals surface area (Å²) in [6.07, 6.45) is 9.48. The van der Waals surface area contributed by atoms with Gasteiger partial charge >= 0.3 is 0 Å². The molecule has 1 aliphatic rings. The highest BCUT2D eigenvalue weighted by Crippen LogP contribution is 2.32. The summed E-state index contributed by atoms with van der Waals surface area (Å²) >= 11 is 1.75. The van der Waals surface area contributed by atoms with E-state index in [9.17, 15) is 9.18 Å². The standard InChI is InChI=1S/C30H41FN4O2S.2C2H6/c1-19-9-10-28(38-8)27(17-19)33-22(4)24-15-20(2)16-26-25(24)18-23(35(7)30(26)36)11-12-32-29(21(3)31)37-14-13-34(5)6;2*1-2/h9-10,12,15-16,18-19,22,33H,11,13-14,17H2,1-8H3;2*1-2H3/b29-21-,32-12-;;/t19?,22-;;/m1../s1. The molecule has 0 saturated carbocycles. The minimum Gasteiger partial charge on any atom is -0.474 e. The number of aryl methyl sites for hydroxylation is 1. The van der Waals surface area contributed by atoms with Crippen LogP contribution in [0.2, 0.25) is 0 Å².